The largest absolute Gasteiger partial charge is 0.506 e. The number of aliphatic hydroxyl groups is 2. The van der Waals surface area contributed by atoms with Crippen LogP contribution in [0.25, 0.3) is 22.2 Å². The molecule has 14 nitrogen and oxygen atoms in total. The molecule has 0 unspecified atom stereocenters. The zero-order valence-electron chi connectivity index (χ0n) is 36.5. The van der Waals surface area contributed by atoms with Gasteiger partial charge in [0.1, 0.15) is 11.5 Å². The van der Waals surface area contributed by atoms with Gasteiger partial charge in [0.2, 0.25) is 11.2 Å². The summed E-state index contributed by atoms with van der Waals surface area (Å²) < 4.78 is 11.5. The SMILES string of the molecule is COc1cc(C(=O)NCc2cncc(-c3cccc([C@](O)(C(=O)OCC4CCN(Cc5ccccc5)CC4)c4ccccc4)c3)n2)ccc1CNC[C@H](O)c1ccc(O)c2[nH]c(=O)ccc12. The minimum Gasteiger partial charge on any atom is -0.506 e. The van der Waals surface area contributed by atoms with Gasteiger partial charge < -0.3 is 40.4 Å². The van der Waals surface area contributed by atoms with E-state index in [1.54, 1.807) is 85.2 Å². The minimum atomic E-state index is -2.09. The lowest BCUT2D eigenvalue weighted by Crippen LogP contribution is -2.40. The van der Waals surface area contributed by atoms with Crippen LogP contribution in [0.2, 0.25) is 0 Å². The van der Waals surface area contributed by atoms with Gasteiger partial charge in [0, 0.05) is 53.3 Å². The number of aliphatic hydroxyl groups excluding tert-OH is 1. The molecule has 1 aliphatic rings. The van der Waals surface area contributed by atoms with E-state index in [1.165, 1.54) is 24.8 Å². The summed E-state index contributed by atoms with van der Waals surface area (Å²) in [7, 11) is 1.51. The first-order valence-electron chi connectivity index (χ1n) is 21.9. The number of piperidine rings is 1. The van der Waals surface area contributed by atoms with Crippen LogP contribution in [0, 0.1) is 5.92 Å². The molecule has 5 aromatic carbocycles. The van der Waals surface area contributed by atoms with Crippen molar-refractivity contribution in [1.29, 1.82) is 0 Å². The van der Waals surface area contributed by atoms with Gasteiger partial charge in [0.05, 0.1) is 55.7 Å². The van der Waals surface area contributed by atoms with Crippen molar-refractivity contribution in [3.8, 4) is 22.8 Å². The maximum Gasteiger partial charge on any atom is 0.347 e. The van der Waals surface area contributed by atoms with E-state index < -0.39 is 17.7 Å². The molecule has 6 N–H and O–H groups in total. The van der Waals surface area contributed by atoms with Gasteiger partial charge in [-0.25, -0.2) is 9.78 Å². The van der Waals surface area contributed by atoms with E-state index in [-0.39, 0.29) is 48.3 Å². The number of phenolic OH excluding ortho intramolecular Hbond substituents is 1. The number of aromatic nitrogens is 3. The number of ether oxygens (including phenoxy) is 2. The highest BCUT2D eigenvalue weighted by Crippen LogP contribution is 2.34. The Hall–Kier alpha value is -7.23. The van der Waals surface area contributed by atoms with Crippen molar-refractivity contribution in [3.63, 3.8) is 0 Å². The number of benzene rings is 5. The summed E-state index contributed by atoms with van der Waals surface area (Å²) in [5, 5.41) is 40.2. The number of carbonyl (C=O) groups is 2. The molecular formula is C52H52N6O8. The molecule has 1 aliphatic heterocycles. The summed E-state index contributed by atoms with van der Waals surface area (Å²) in [5.41, 5.74) is 3.00. The van der Waals surface area contributed by atoms with Crippen molar-refractivity contribution in [3.05, 3.63) is 189 Å². The molecular weight excluding hydrogens is 837 g/mol. The summed E-state index contributed by atoms with van der Waals surface area (Å²) in [5.74, 6) is -0.551. The topological polar surface area (TPSA) is 199 Å². The van der Waals surface area contributed by atoms with Crippen LogP contribution >= 0.6 is 0 Å². The van der Waals surface area contributed by atoms with Gasteiger partial charge in [-0.05, 0) is 78.9 Å². The van der Waals surface area contributed by atoms with Crippen LogP contribution < -0.4 is 20.9 Å². The highest BCUT2D eigenvalue weighted by Gasteiger charge is 2.42. The number of phenols is 1. The Morgan fingerprint density at radius 2 is 1.64 bits per heavy atom. The molecule has 0 radical (unpaired) electrons. The second kappa shape index (κ2) is 20.7. The molecule has 2 aromatic heterocycles. The first-order valence-corrected chi connectivity index (χ1v) is 21.9. The Kier molecular flexibility index (Phi) is 14.2. The van der Waals surface area contributed by atoms with Crippen molar-refractivity contribution < 1.29 is 34.4 Å². The number of nitrogens with zero attached hydrogens (tertiary/aromatic N) is 3. The molecule has 0 saturated carbocycles. The number of nitrogens with one attached hydrogen (secondary N) is 3. The number of fused-ring (bicyclic) bond motifs is 1. The normalized spacial score (nSPS) is 14.6. The first-order chi connectivity index (χ1) is 32.1. The van der Waals surface area contributed by atoms with Crippen LogP contribution in [0.15, 0.2) is 145 Å². The van der Waals surface area contributed by atoms with E-state index in [0.717, 1.165) is 38.0 Å². The molecule has 8 rings (SSSR count). The number of hydrogen-bond donors (Lipinski definition) is 6. The average Bonchev–Trinajstić information content (AvgIpc) is 3.36. The number of aromatic hydroxyl groups is 1. The highest BCUT2D eigenvalue weighted by atomic mass is 16.5. The van der Waals surface area contributed by atoms with Crippen molar-refractivity contribution in [2.24, 2.45) is 5.92 Å². The standard InChI is InChI=1S/C52H52N6O8/c1-65-47-26-37(15-16-38(47)27-53-31-46(60)42-17-19-45(59)49-43(42)18-20-48(61)57-49)50(62)55-29-41-28-54-30-44(56-41)36-11-8-14-40(25-36)52(64,39-12-6-3-7-13-39)51(63)66-33-35-21-23-58(24-22-35)32-34-9-4-2-5-10-34/h2-20,25-26,28,30,35,46,53,59-60,64H,21-24,27,29,31-33H2,1H3,(H,55,62)(H,57,61)/t46-,52-/m0/s1. The lowest BCUT2D eigenvalue weighted by molar-refractivity contribution is -0.164. The molecule has 1 amide bonds. The van der Waals surface area contributed by atoms with E-state index in [1.807, 2.05) is 30.3 Å². The summed E-state index contributed by atoms with van der Waals surface area (Å²) >= 11 is 0. The second-order valence-electron chi connectivity index (χ2n) is 16.5. The van der Waals surface area contributed by atoms with Gasteiger partial charge in [-0.15, -0.1) is 0 Å². The van der Waals surface area contributed by atoms with Gasteiger partial charge in [-0.3, -0.25) is 19.5 Å². The number of hydrogen-bond acceptors (Lipinski definition) is 12. The van der Waals surface area contributed by atoms with E-state index >= 15 is 0 Å². The van der Waals surface area contributed by atoms with E-state index in [2.05, 4.69) is 37.6 Å². The number of esters is 1. The number of methoxy groups -OCH3 is 1. The third kappa shape index (κ3) is 10.5. The monoisotopic (exact) mass is 888 g/mol. The Bertz CT molecular complexity index is 2850. The lowest BCUT2D eigenvalue weighted by atomic mass is 9.85. The van der Waals surface area contributed by atoms with Crippen LogP contribution in [0.3, 0.4) is 0 Å². The van der Waals surface area contributed by atoms with Gasteiger partial charge in [-0.1, -0.05) is 91.0 Å². The van der Waals surface area contributed by atoms with Crippen LogP contribution in [-0.4, -0.2) is 80.4 Å². The van der Waals surface area contributed by atoms with E-state index in [4.69, 9.17) is 14.5 Å². The Labute approximate surface area is 381 Å². The maximum atomic E-state index is 14.0. The fraction of sp³-hybridized carbons (Fsp3) is 0.250. The second-order valence-corrected chi connectivity index (χ2v) is 16.5. The molecule has 0 aliphatic carbocycles. The molecule has 0 bridgehead atoms. The number of amides is 1. The summed E-state index contributed by atoms with van der Waals surface area (Å²) in [6.07, 6.45) is 3.96. The molecule has 14 heteroatoms. The zero-order chi connectivity index (χ0) is 46.0. The predicted molar refractivity (Wildman–Crippen MR) is 249 cm³/mol. The number of pyridine rings is 1. The highest BCUT2D eigenvalue weighted by molar-refractivity contribution is 5.94. The van der Waals surface area contributed by atoms with Crippen LogP contribution in [0.5, 0.6) is 11.5 Å². The number of likely N-dealkylation sites (tertiary alicyclic amines) is 1. The third-order valence-corrected chi connectivity index (χ3v) is 12.1. The van der Waals surface area contributed by atoms with Gasteiger partial charge in [-0.2, -0.15) is 0 Å². The molecule has 0 spiro atoms. The molecule has 1 fully saturated rings. The molecule has 3 heterocycles. The average molecular weight is 889 g/mol. The van der Waals surface area contributed by atoms with Gasteiger partial charge in [0.15, 0.2) is 0 Å². The van der Waals surface area contributed by atoms with Crippen molar-refractivity contribution >= 4 is 22.8 Å². The number of rotatable bonds is 17. The van der Waals surface area contributed by atoms with Crippen molar-refractivity contribution in [1.82, 2.24) is 30.5 Å². The molecule has 338 valence electrons. The number of carbonyl (C=O) groups excluding carboxylic acids is 2. The van der Waals surface area contributed by atoms with Crippen molar-refractivity contribution in [2.75, 3.05) is 33.4 Å². The van der Waals surface area contributed by atoms with Gasteiger partial charge in [0.25, 0.3) is 5.91 Å². The molecule has 1 saturated heterocycles. The zero-order valence-corrected chi connectivity index (χ0v) is 36.5. The number of H-pyrrole nitrogens is 1. The third-order valence-electron chi connectivity index (χ3n) is 12.1. The van der Waals surface area contributed by atoms with Gasteiger partial charge >= 0.3 is 5.97 Å². The molecule has 2 atom stereocenters. The first kappa shape index (κ1) is 45.3. The molecule has 66 heavy (non-hydrogen) atoms. The summed E-state index contributed by atoms with van der Waals surface area (Å²) in [6.45, 7) is 3.43. The maximum absolute atomic E-state index is 14.0. The fourth-order valence-electron chi connectivity index (χ4n) is 8.37. The van der Waals surface area contributed by atoms with E-state index in [9.17, 15) is 29.7 Å². The van der Waals surface area contributed by atoms with Crippen LogP contribution in [0.4, 0.5) is 0 Å². The summed E-state index contributed by atoms with van der Waals surface area (Å²) in [4.78, 5) is 53.4. The van der Waals surface area contributed by atoms with Crippen LogP contribution in [-0.2, 0) is 34.8 Å². The quantitative estimate of drug-likeness (QED) is 0.0572. The lowest BCUT2D eigenvalue weighted by Gasteiger charge is -2.33. The van der Waals surface area contributed by atoms with E-state index in [0.29, 0.717) is 56.9 Å². The smallest absolute Gasteiger partial charge is 0.347 e. The fourth-order valence-corrected chi connectivity index (χ4v) is 8.37. The predicted octanol–water partition coefficient (Wildman–Crippen LogP) is 6.14. The Morgan fingerprint density at radius 3 is 2.41 bits per heavy atom. The number of aromatic amines is 1. The molecule has 7 aromatic rings. The Morgan fingerprint density at radius 1 is 0.879 bits per heavy atom. The van der Waals surface area contributed by atoms with Crippen molar-refractivity contribution in [2.45, 2.75) is 44.2 Å². The summed E-state index contributed by atoms with van der Waals surface area (Å²) in [6, 6.07) is 37.2. The Balaban J connectivity index is 0.887. The van der Waals surface area contributed by atoms with Crippen LogP contribution in [0.1, 0.15) is 62.8 Å². The minimum absolute atomic E-state index is 0.0637.